The van der Waals surface area contributed by atoms with Crippen molar-refractivity contribution in [1.82, 2.24) is 0 Å². The van der Waals surface area contributed by atoms with Crippen LogP contribution < -0.4 is 0 Å². The summed E-state index contributed by atoms with van der Waals surface area (Å²) in [5.41, 5.74) is 0.525. The zero-order chi connectivity index (χ0) is 13.6. The molecule has 1 aliphatic carbocycles. The standard InChI is InChI=1S/C17H30O/c1-5-6-7-10-15(18)11-14-17(4)13-9-8-12-16(17,2)3/h11,14H,5-10,12-13H2,1-4H3/b14-11+. The predicted molar refractivity (Wildman–Crippen MR) is 78.6 cm³/mol. The molecule has 0 bridgehead atoms. The van der Waals surface area contributed by atoms with Gasteiger partial charge in [0, 0.05) is 6.42 Å². The normalized spacial score (nSPS) is 27.6. The van der Waals surface area contributed by atoms with Crippen molar-refractivity contribution in [1.29, 1.82) is 0 Å². The van der Waals surface area contributed by atoms with Crippen molar-refractivity contribution in [3.8, 4) is 0 Å². The molecule has 0 N–H and O–H groups in total. The van der Waals surface area contributed by atoms with Crippen LogP contribution in [-0.4, -0.2) is 5.78 Å². The second-order valence-electron chi connectivity index (χ2n) is 6.77. The first-order chi connectivity index (χ1) is 8.41. The van der Waals surface area contributed by atoms with Crippen LogP contribution >= 0.6 is 0 Å². The first-order valence-corrected chi connectivity index (χ1v) is 7.63. The minimum Gasteiger partial charge on any atom is -0.295 e. The molecular weight excluding hydrogens is 220 g/mol. The molecule has 0 heterocycles. The summed E-state index contributed by atoms with van der Waals surface area (Å²) in [6.07, 6.45) is 13.3. The highest BCUT2D eigenvalue weighted by Gasteiger charge is 2.40. The molecule has 1 heteroatoms. The minimum atomic E-state index is 0.200. The van der Waals surface area contributed by atoms with E-state index in [2.05, 4.69) is 33.8 Å². The van der Waals surface area contributed by atoms with Crippen molar-refractivity contribution in [2.24, 2.45) is 10.8 Å². The Hall–Kier alpha value is -0.590. The Labute approximate surface area is 113 Å². The van der Waals surface area contributed by atoms with Crippen LogP contribution in [0.25, 0.3) is 0 Å². The smallest absolute Gasteiger partial charge is 0.155 e. The van der Waals surface area contributed by atoms with E-state index in [0.29, 0.717) is 11.2 Å². The van der Waals surface area contributed by atoms with Gasteiger partial charge in [-0.15, -0.1) is 0 Å². The molecule has 1 nitrogen and oxygen atoms in total. The van der Waals surface area contributed by atoms with Gasteiger partial charge in [0.2, 0.25) is 0 Å². The molecule has 0 radical (unpaired) electrons. The third-order valence-electron chi connectivity index (χ3n) is 4.96. The van der Waals surface area contributed by atoms with Crippen LogP contribution in [0.2, 0.25) is 0 Å². The van der Waals surface area contributed by atoms with Gasteiger partial charge in [0.05, 0.1) is 0 Å². The monoisotopic (exact) mass is 250 g/mol. The van der Waals surface area contributed by atoms with Crippen molar-refractivity contribution in [3.63, 3.8) is 0 Å². The van der Waals surface area contributed by atoms with Crippen molar-refractivity contribution in [2.75, 3.05) is 0 Å². The summed E-state index contributed by atoms with van der Waals surface area (Å²) in [7, 11) is 0. The third kappa shape index (κ3) is 3.96. The second kappa shape index (κ2) is 6.54. The lowest BCUT2D eigenvalue weighted by atomic mass is 9.58. The minimum absolute atomic E-state index is 0.200. The lowest BCUT2D eigenvalue weighted by molar-refractivity contribution is -0.114. The number of hydrogen-bond acceptors (Lipinski definition) is 1. The van der Waals surface area contributed by atoms with Gasteiger partial charge < -0.3 is 0 Å². The van der Waals surface area contributed by atoms with Crippen LogP contribution in [0.1, 0.15) is 79.1 Å². The summed E-state index contributed by atoms with van der Waals surface area (Å²) in [5.74, 6) is 0.311. The zero-order valence-electron chi connectivity index (χ0n) is 12.7. The van der Waals surface area contributed by atoms with Gasteiger partial charge in [-0.1, -0.05) is 59.5 Å². The predicted octanol–water partition coefficient (Wildman–Crippen LogP) is 5.30. The molecule has 0 aromatic carbocycles. The van der Waals surface area contributed by atoms with Gasteiger partial charge in [0.1, 0.15) is 0 Å². The molecule has 0 aromatic rings. The number of hydrogen-bond donors (Lipinski definition) is 0. The summed E-state index contributed by atoms with van der Waals surface area (Å²) >= 11 is 0. The number of unbranched alkanes of at least 4 members (excludes halogenated alkanes) is 2. The fraction of sp³-hybridized carbons (Fsp3) is 0.824. The fourth-order valence-corrected chi connectivity index (χ4v) is 2.90. The molecule has 1 atom stereocenters. The van der Waals surface area contributed by atoms with E-state index in [0.717, 1.165) is 12.8 Å². The maximum absolute atomic E-state index is 11.8. The second-order valence-corrected chi connectivity index (χ2v) is 6.77. The number of allylic oxidation sites excluding steroid dienone is 2. The summed E-state index contributed by atoms with van der Waals surface area (Å²) in [6, 6.07) is 0. The molecule has 1 aliphatic rings. The third-order valence-corrected chi connectivity index (χ3v) is 4.96. The average Bonchev–Trinajstić information content (AvgIpc) is 2.31. The largest absolute Gasteiger partial charge is 0.295 e. The van der Waals surface area contributed by atoms with Crippen molar-refractivity contribution in [3.05, 3.63) is 12.2 Å². The number of rotatable bonds is 6. The molecule has 0 spiro atoms. The SMILES string of the molecule is CCCCCC(=O)/C=C/C1(C)CCCCC1(C)C. The highest BCUT2D eigenvalue weighted by atomic mass is 16.1. The summed E-state index contributed by atoms with van der Waals surface area (Å²) in [4.78, 5) is 11.8. The molecule has 0 aliphatic heterocycles. The Bertz CT molecular complexity index is 301. The van der Waals surface area contributed by atoms with E-state index in [9.17, 15) is 4.79 Å². The highest BCUT2D eigenvalue weighted by Crippen LogP contribution is 2.50. The van der Waals surface area contributed by atoms with Gasteiger partial charge in [0.15, 0.2) is 5.78 Å². The molecule has 0 saturated heterocycles. The molecule has 0 amide bonds. The van der Waals surface area contributed by atoms with Gasteiger partial charge in [-0.25, -0.2) is 0 Å². The Balaban J connectivity index is 2.55. The molecule has 1 unspecified atom stereocenters. The molecule has 0 aromatic heterocycles. The van der Waals surface area contributed by atoms with Crippen LogP contribution in [0.5, 0.6) is 0 Å². The van der Waals surface area contributed by atoms with E-state index in [1.165, 1.54) is 38.5 Å². The maximum atomic E-state index is 11.8. The van der Waals surface area contributed by atoms with Gasteiger partial charge in [-0.3, -0.25) is 4.79 Å². The van der Waals surface area contributed by atoms with E-state index in [-0.39, 0.29) is 5.41 Å². The summed E-state index contributed by atoms with van der Waals surface area (Å²) in [5, 5.41) is 0. The Morgan fingerprint density at radius 1 is 1.11 bits per heavy atom. The topological polar surface area (TPSA) is 17.1 Å². The summed E-state index contributed by atoms with van der Waals surface area (Å²) in [6.45, 7) is 9.18. The Morgan fingerprint density at radius 3 is 2.39 bits per heavy atom. The van der Waals surface area contributed by atoms with E-state index in [1.54, 1.807) is 0 Å². The average molecular weight is 250 g/mol. The van der Waals surface area contributed by atoms with Crippen LogP contribution in [0.4, 0.5) is 0 Å². The lowest BCUT2D eigenvalue weighted by Crippen LogP contribution is -2.36. The molecule has 1 fully saturated rings. The van der Waals surface area contributed by atoms with Crippen molar-refractivity contribution >= 4 is 5.78 Å². The van der Waals surface area contributed by atoms with Gasteiger partial charge in [-0.05, 0) is 36.2 Å². The summed E-state index contributed by atoms with van der Waals surface area (Å²) < 4.78 is 0. The fourth-order valence-electron chi connectivity index (χ4n) is 2.90. The molecular formula is C17H30O. The van der Waals surface area contributed by atoms with E-state index in [4.69, 9.17) is 0 Å². The van der Waals surface area contributed by atoms with Crippen molar-refractivity contribution in [2.45, 2.75) is 79.1 Å². The number of ketones is 1. The van der Waals surface area contributed by atoms with Crippen molar-refractivity contribution < 1.29 is 4.79 Å². The van der Waals surface area contributed by atoms with E-state index >= 15 is 0 Å². The van der Waals surface area contributed by atoms with E-state index in [1.807, 2.05) is 6.08 Å². The first kappa shape index (κ1) is 15.5. The molecule has 18 heavy (non-hydrogen) atoms. The van der Waals surface area contributed by atoms with Crippen LogP contribution in [0.15, 0.2) is 12.2 Å². The molecule has 1 saturated carbocycles. The Morgan fingerprint density at radius 2 is 1.78 bits per heavy atom. The highest BCUT2D eigenvalue weighted by molar-refractivity contribution is 5.89. The first-order valence-electron chi connectivity index (χ1n) is 7.63. The van der Waals surface area contributed by atoms with Gasteiger partial charge in [0.25, 0.3) is 0 Å². The molecule has 1 rings (SSSR count). The maximum Gasteiger partial charge on any atom is 0.155 e. The molecule has 104 valence electrons. The van der Waals surface area contributed by atoms with Crippen LogP contribution in [-0.2, 0) is 4.79 Å². The van der Waals surface area contributed by atoms with Gasteiger partial charge in [-0.2, -0.15) is 0 Å². The van der Waals surface area contributed by atoms with Gasteiger partial charge >= 0.3 is 0 Å². The van der Waals surface area contributed by atoms with E-state index < -0.39 is 0 Å². The number of carbonyl (C=O) groups excluding carboxylic acids is 1. The number of carbonyl (C=O) groups is 1. The zero-order valence-corrected chi connectivity index (χ0v) is 12.7. The van der Waals surface area contributed by atoms with Crippen LogP contribution in [0.3, 0.4) is 0 Å². The Kier molecular flexibility index (Phi) is 5.62. The lowest BCUT2D eigenvalue weighted by Gasteiger charge is -2.46. The van der Waals surface area contributed by atoms with Crippen LogP contribution in [0, 0.1) is 10.8 Å². The quantitative estimate of drug-likeness (QED) is 0.462.